The van der Waals surface area contributed by atoms with E-state index in [-0.39, 0.29) is 5.82 Å². The Morgan fingerprint density at radius 1 is 1.50 bits per heavy atom. The van der Waals surface area contributed by atoms with Crippen LogP contribution in [-0.2, 0) is 0 Å². The Balaban J connectivity index is 2.94. The molecule has 0 saturated heterocycles. The van der Waals surface area contributed by atoms with Crippen LogP contribution in [-0.4, -0.2) is 4.98 Å². The Bertz CT molecular complexity index is 566. The predicted octanol–water partition coefficient (Wildman–Crippen LogP) is 1.91. The molecule has 2 rings (SSSR count). The lowest BCUT2D eigenvalue weighted by Gasteiger charge is -1.89. The van der Waals surface area contributed by atoms with Crippen LogP contribution >= 0.6 is 0 Å². The van der Waals surface area contributed by atoms with Gasteiger partial charge < -0.3 is 4.98 Å². The van der Waals surface area contributed by atoms with Crippen LogP contribution in [0.1, 0.15) is 13.3 Å². The van der Waals surface area contributed by atoms with Crippen LogP contribution in [0.5, 0.6) is 0 Å². The second-order valence-electron chi connectivity index (χ2n) is 3.32. The summed E-state index contributed by atoms with van der Waals surface area (Å²) in [5.74, 6) is -0.206. The van der Waals surface area contributed by atoms with E-state index in [0.717, 1.165) is 27.9 Å². The molecule has 1 nitrogen and oxygen atoms in total. The molecule has 1 heterocycles. The summed E-state index contributed by atoms with van der Waals surface area (Å²) in [4.78, 5) is 3.13. The molecule has 0 fully saturated rings. The molecule has 1 N–H and O–H groups in total. The minimum absolute atomic E-state index is 0.206. The number of nitrogens with one attached hydrogen (secondary N) is 1. The summed E-state index contributed by atoms with van der Waals surface area (Å²) >= 11 is 0. The van der Waals surface area contributed by atoms with Crippen LogP contribution in [0.4, 0.5) is 4.39 Å². The summed E-state index contributed by atoms with van der Waals surface area (Å²) < 4.78 is 13.0. The van der Waals surface area contributed by atoms with E-state index in [1.807, 2.05) is 0 Å². The van der Waals surface area contributed by atoms with Gasteiger partial charge in [0, 0.05) is 21.5 Å². The minimum Gasteiger partial charge on any atom is -0.355 e. The average molecular weight is 189 g/mol. The number of rotatable bonds is 1. The molecule has 0 amide bonds. The van der Waals surface area contributed by atoms with Crippen molar-refractivity contribution >= 4 is 23.6 Å². The first-order valence-corrected chi connectivity index (χ1v) is 4.68. The molecule has 2 heteroatoms. The predicted molar refractivity (Wildman–Crippen MR) is 57.8 cm³/mol. The summed E-state index contributed by atoms with van der Waals surface area (Å²) in [7, 11) is 0. The summed E-state index contributed by atoms with van der Waals surface area (Å²) in [5.41, 5.74) is 0.941. The van der Waals surface area contributed by atoms with Gasteiger partial charge in [-0.2, -0.15) is 0 Å². The zero-order valence-electron chi connectivity index (χ0n) is 8.10. The van der Waals surface area contributed by atoms with Gasteiger partial charge in [0.1, 0.15) is 5.82 Å². The molecule has 0 radical (unpaired) electrons. The normalized spacial score (nSPS) is 12.6. The maximum Gasteiger partial charge on any atom is 0.123 e. The zero-order chi connectivity index (χ0) is 10.1. The van der Waals surface area contributed by atoms with Crippen molar-refractivity contribution in [3.05, 3.63) is 34.6 Å². The maximum absolute atomic E-state index is 13.0. The largest absolute Gasteiger partial charge is 0.355 e. The van der Waals surface area contributed by atoms with E-state index in [0.29, 0.717) is 0 Å². The number of hydrogen-bond acceptors (Lipinski definition) is 0. The fraction of sp³-hybridized carbons (Fsp3) is 0.167. The smallest absolute Gasteiger partial charge is 0.123 e. The van der Waals surface area contributed by atoms with Gasteiger partial charge in [0.2, 0.25) is 0 Å². The molecule has 1 aromatic carbocycles. The molecular weight excluding hydrogens is 177 g/mol. The van der Waals surface area contributed by atoms with Crippen molar-refractivity contribution in [3.8, 4) is 0 Å². The van der Waals surface area contributed by atoms with Crippen LogP contribution in [0.3, 0.4) is 0 Å². The van der Waals surface area contributed by atoms with Crippen molar-refractivity contribution < 1.29 is 4.39 Å². The molecule has 0 unspecified atom stereocenters. The standard InChI is InChI=1S/C12H12FN/c1-3-4-10-8(2)14-12-6-5-9(13)7-11(10)12/h4-7,14H,2-3H2,1H3. The molecule has 14 heavy (non-hydrogen) atoms. The van der Waals surface area contributed by atoms with Crippen molar-refractivity contribution in [3.63, 3.8) is 0 Å². The second-order valence-corrected chi connectivity index (χ2v) is 3.32. The van der Waals surface area contributed by atoms with Gasteiger partial charge in [-0.15, -0.1) is 0 Å². The molecule has 0 aliphatic heterocycles. The summed E-state index contributed by atoms with van der Waals surface area (Å²) in [6, 6.07) is 4.74. The maximum atomic E-state index is 13.0. The molecular formula is C12H12FN. The SMILES string of the molecule is C=c1[nH]c2ccc(F)cc2c1=CCC. The van der Waals surface area contributed by atoms with E-state index >= 15 is 0 Å². The van der Waals surface area contributed by atoms with Gasteiger partial charge in [0.25, 0.3) is 0 Å². The van der Waals surface area contributed by atoms with E-state index in [1.165, 1.54) is 6.07 Å². The highest BCUT2D eigenvalue weighted by Crippen LogP contribution is 2.07. The van der Waals surface area contributed by atoms with Crippen LogP contribution in [0.2, 0.25) is 0 Å². The van der Waals surface area contributed by atoms with E-state index in [1.54, 1.807) is 12.1 Å². The number of hydrogen-bond donors (Lipinski definition) is 1. The van der Waals surface area contributed by atoms with E-state index in [9.17, 15) is 4.39 Å². The molecule has 0 atom stereocenters. The van der Waals surface area contributed by atoms with Crippen molar-refractivity contribution in [2.24, 2.45) is 0 Å². The molecule has 1 aromatic heterocycles. The lowest BCUT2D eigenvalue weighted by atomic mass is 10.2. The van der Waals surface area contributed by atoms with E-state index < -0.39 is 0 Å². The van der Waals surface area contributed by atoms with Gasteiger partial charge in [-0.05, 0) is 24.6 Å². The van der Waals surface area contributed by atoms with E-state index in [2.05, 4.69) is 24.6 Å². The van der Waals surface area contributed by atoms with Crippen LogP contribution < -0.4 is 10.6 Å². The lowest BCUT2D eigenvalue weighted by Crippen LogP contribution is -2.20. The Morgan fingerprint density at radius 2 is 2.29 bits per heavy atom. The summed E-state index contributed by atoms with van der Waals surface area (Å²) in [6.07, 6.45) is 2.98. The molecule has 0 spiro atoms. The van der Waals surface area contributed by atoms with Gasteiger partial charge >= 0.3 is 0 Å². The van der Waals surface area contributed by atoms with Gasteiger partial charge in [-0.3, -0.25) is 0 Å². The van der Waals surface area contributed by atoms with Gasteiger partial charge in [0.15, 0.2) is 0 Å². The molecule has 0 bridgehead atoms. The molecule has 0 aliphatic carbocycles. The highest BCUT2D eigenvalue weighted by atomic mass is 19.1. The van der Waals surface area contributed by atoms with Gasteiger partial charge in [-0.25, -0.2) is 4.39 Å². The van der Waals surface area contributed by atoms with Crippen LogP contribution in [0.15, 0.2) is 18.2 Å². The van der Waals surface area contributed by atoms with Crippen molar-refractivity contribution in [2.45, 2.75) is 13.3 Å². The Morgan fingerprint density at radius 3 is 3.00 bits per heavy atom. The average Bonchev–Trinajstić information content (AvgIpc) is 2.45. The third-order valence-corrected chi connectivity index (χ3v) is 2.29. The number of fused-ring (bicyclic) bond motifs is 1. The first-order valence-electron chi connectivity index (χ1n) is 4.68. The number of aromatic amines is 1. The Kier molecular flexibility index (Phi) is 2.12. The zero-order valence-corrected chi connectivity index (χ0v) is 8.10. The third kappa shape index (κ3) is 1.33. The number of halogens is 1. The second kappa shape index (κ2) is 3.29. The third-order valence-electron chi connectivity index (χ3n) is 2.29. The Hall–Kier alpha value is -1.57. The number of H-pyrrole nitrogens is 1. The summed E-state index contributed by atoms with van der Waals surface area (Å²) in [5, 5.41) is 2.78. The van der Waals surface area contributed by atoms with E-state index in [4.69, 9.17) is 0 Å². The quantitative estimate of drug-likeness (QED) is 0.705. The highest BCUT2D eigenvalue weighted by Gasteiger charge is 1.99. The van der Waals surface area contributed by atoms with Crippen molar-refractivity contribution in [2.75, 3.05) is 0 Å². The molecule has 0 aliphatic rings. The van der Waals surface area contributed by atoms with Gasteiger partial charge in [0.05, 0.1) is 0 Å². The minimum atomic E-state index is -0.206. The Labute approximate surface area is 81.6 Å². The first-order chi connectivity index (χ1) is 6.72. The highest BCUT2D eigenvalue weighted by molar-refractivity contribution is 5.80. The van der Waals surface area contributed by atoms with Gasteiger partial charge in [-0.1, -0.05) is 19.6 Å². The first kappa shape index (κ1) is 9.00. The number of aromatic nitrogens is 1. The fourth-order valence-electron chi connectivity index (χ4n) is 1.68. The summed E-state index contributed by atoms with van der Waals surface area (Å²) in [6.45, 7) is 5.95. The van der Waals surface area contributed by atoms with Crippen molar-refractivity contribution in [1.29, 1.82) is 0 Å². The fourth-order valence-corrected chi connectivity index (χ4v) is 1.68. The number of benzene rings is 1. The molecule has 72 valence electrons. The molecule has 2 aromatic rings. The lowest BCUT2D eigenvalue weighted by molar-refractivity contribution is 0.629. The molecule has 0 saturated carbocycles. The monoisotopic (exact) mass is 189 g/mol. The van der Waals surface area contributed by atoms with Crippen molar-refractivity contribution in [1.82, 2.24) is 4.98 Å². The van der Waals surface area contributed by atoms with Crippen LogP contribution in [0.25, 0.3) is 23.6 Å². The topological polar surface area (TPSA) is 15.8 Å². The van der Waals surface area contributed by atoms with Crippen LogP contribution in [0, 0.1) is 5.82 Å².